The normalized spacial score (nSPS) is 13.2. The number of carbonyl (C=O) groups excluding carboxylic acids is 1. The molecule has 0 bridgehead atoms. The highest BCUT2D eigenvalue weighted by Crippen LogP contribution is 2.40. The van der Waals surface area contributed by atoms with Gasteiger partial charge in [0.1, 0.15) is 6.10 Å². The standard InChI is InChI=1S/C24H33NO6/c1-24(2,3)23(26)31-22(16-10-12-18(28-6)20(14-16)30-8)21(25-4)15-9-11-17(27-5)19(13-15)29-7/h9-14,21-22,25H,1-8H3. The zero-order valence-corrected chi connectivity index (χ0v) is 19.6. The summed E-state index contributed by atoms with van der Waals surface area (Å²) in [6, 6.07) is 10.8. The first-order valence-corrected chi connectivity index (χ1v) is 10.0. The lowest BCUT2D eigenvalue weighted by Crippen LogP contribution is -2.31. The van der Waals surface area contributed by atoms with Crippen molar-refractivity contribution < 1.29 is 28.5 Å². The molecule has 0 aliphatic carbocycles. The summed E-state index contributed by atoms with van der Waals surface area (Å²) in [6.45, 7) is 5.48. The smallest absolute Gasteiger partial charge is 0.311 e. The van der Waals surface area contributed by atoms with Crippen LogP contribution < -0.4 is 24.3 Å². The number of carbonyl (C=O) groups is 1. The molecule has 2 unspecified atom stereocenters. The molecule has 1 N–H and O–H groups in total. The Hall–Kier alpha value is -2.93. The highest BCUT2D eigenvalue weighted by atomic mass is 16.5. The lowest BCUT2D eigenvalue weighted by atomic mass is 9.93. The van der Waals surface area contributed by atoms with Gasteiger partial charge in [0, 0.05) is 0 Å². The Balaban J connectivity index is 2.58. The van der Waals surface area contributed by atoms with Crippen LogP contribution in [0.2, 0.25) is 0 Å². The van der Waals surface area contributed by atoms with Crippen LogP contribution in [-0.4, -0.2) is 41.5 Å². The Bertz CT molecular complexity index is 890. The van der Waals surface area contributed by atoms with Crippen LogP contribution in [0.15, 0.2) is 36.4 Å². The van der Waals surface area contributed by atoms with Gasteiger partial charge in [-0.25, -0.2) is 0 Å². The highest BCUT2D eigenvalue weighted by molar-refractivity contribution is 5.75. The van der Waals surface area contributed by atoms with E-state index in [1.165, 1.54) is 0 Å². The van der Waals surface area contributed by atoms with Gasteiger partial charge in [-0.2, -0.15) is 0 Å². The Kier molecular flexibility index (Phi) is 8.16. The molecule has 2 rings (SSSR count). The predicted octanol–water partition coefficient (Wildman–Crippen LogP) is 4.31. The summed E-state index contributed by atoms with van der Waals surface area (Å²) in [5.74, 6) is 2.05. The van der Waals surface area contributed by atoms with Crippen LogP contribution in [-0.2, 0) is 9.53 Å². The quantitative estimate of drug-likeness (QED) is 0.593. The first kappa shape index (κ1) is 24.3. The van der Waals surface area contributed by atoms with E-state index in [2.05, 4.69) is 5.32 Å². The largest absolute Gasteiger partial charge is 0.493 e. The summed E-state index contributed by atoms with van der Waals surface area (Å²) in [5, 5.41) is 3.28. The van der Waals surface area contributed by atoms with Crippen LogP contribution in [0.4, 0.5) is 0 Å². The second-order valence-electron chi connectivity index (χ2n) is 8.07. The molecule has 0 aliphatic rings. The molecule has 31 heavy (non-hydrogen) atoms. The van der Waals surface area contributed by atoms with Crippen molar-refractivity contribution in [2.24, 2.45) is 5.41 Å². The van der Waals surface area contributed by atoms with Gasteiger partial charge in [0.2, 0.25) is 0 Å². The number of esters is 1. The number of hydrogen-bond acceptors (Lipinski definition) is 7. The van der Waals surface area contributed by atoms with Crippen molar-refractivity contribution in [2.45, 2.75) is 32.9 Å². The minimum atomic E-state index is -0.662. The summed E-state index contributed by atoms with van der Waals surface area (Å²) >= 11 is 0. The summed E-state index contributed by atoms with van der Waals surface area (Å²) in [7, 11) is 8.14. The van der Waals surface area contributed by atoms with E-state index in [0.29, 0.717) is 23.0 Å². The Morgan fingerprint density at radius 2 is 1.23 bits per heavy atom. The van der Waals surface area contributed by atoms with Crippen molar-refractivity contribution in [3.05, 3.63) is 47.5 Å². The molecule has 0 aliphatic heterocycles. The average molecular weight is 432 g/mol. The second kappa shape index (κ2) is 10.4. The molecule has 0 saturated heterocycles. The molecule has 7 heteroatoms. The van der Waals surface area contributed by atoms with Crippen molar-refractivity contribution in [3.63, 3.8) is 0 Å². The first-order valence-electron chi connectivity index (χ1n) is 10.0. The van der Waals surface area contributed by atoms with Gasteiger partial charge in [-0.15, -0.1) is 0 Å². The van der Waals surface area contributed by atoms with Crippen LogP contribution in [0.25, 0.3) is 0 Å². The van der Waals surface area contributed by atoms with E-state index in [-0.39, 0.29) is 12.0 Å². The number of benzene rings is 2. The minimum Gasteiger partial charge on any atom is -0.493 e. The van der Waals surface area contributed by atoms with Gasteiger partial charge in [-0.3, -0.25) is 4.79 Å². The van der Waals surface area contributed by atoms with Gasteiger partial charge < -0.3 is 29.0 Å². The molecule has 2 atom stereocenters. The maximum Gasteiger partial charge on any atom is 0.311 e. The van der Waals surface area contributed by atoms with Crippen molar-refractivity contribution in [1.29, 1.82) is 0 Å². The molecule has 0 spiro atoms. The van der Waals surface area contributed by atoms with Gasteiger partial charge in [0.25, 0.3) is 0 Å². The molecule has 0 amide bonds. The molecule has 0 heterocycles. The van der Waals surface area contributed by atoms with Crippen molar-refractivity contribution in [1.82, 2.24) is 5.32 Å². The average Bonchev–Trinajstić information content (AvgIpc) is 2.77. The molecule has 2 aromatic rings. The van der Waals surface area contributed by atoms with Crippen molar-refractivity contribution in [2.75, 3.05) is 35.5 Å². The number of hydrogen-bond donors (Lipinski definition) is 1. The van der Waals surface area contributed by atoms with E-state index in [4.69, 9.17) is 23.7 Å². The van der Waals surface area contributed by atoms with Crippen LogP contribution in [0.5, 0.6) is 23.0 Å². The molecular weight excluding hydrogens is 398 g/mol. The lowest BCUT2D eigenvalue weighted by molar-refractivity contribution is -0.160. The third-order valence-electron chi connectivity index (χ3n) is 4.96. The maximum absolute atomic E-state index is 12.9. The predicted molar refractivity (Wildman–Crippen MR) is 119 cm³/mol. The molecule has 170 valence electrons. The number of nitrogens with one attached hydrogen (secondary N) is 1. The van der Waals surface area contributed by atoms with E-state index >= 15 is 0 Å². The van der Waals surface area contributed by atoms with Crippen molar-refractivity contribution >= 4 is 5.97 Å². The first-order chi connectivity index (χ1) is 14.7. The maximum atomic E-state index is 12.9. The molecular formula is C24H33NO6. The molecule has 0 fully saturated rings. The number of methoxy groups -OCH3 is 4. The van der Waals surface area contributed by atoms with E-state index < -0.39 is 11.5 Å². The van der Waals surface area contributed by atoms with Crippen LogP contribution in [0.3, 0.4) is 0 Å². The number of likely N-dealkylation sites (N-methyl/N-ethyl adjacent to an activating group) is 1. The number of rotatable bonds is 9. The van der Waals surface area contributed by atoms with Crippen LogP contribution in [0.1, 0.15) is 44.0 Å². The number of ether oxygens (including phenoxy) is 5. The molecule has 7 nitrogen and oxygen atoms in total. The van der Waals surface area contributed by atoms with Gasteiger partial charge in [0.05, 0.1) is 39.9 Å². The zero-order chi connectivity index (χ0) is 23.2. The van der Waals surface area contributed by atoms with Crippen LogP contribution in [0, 0.1) is 5.41 Å². The van der Waals surface area contributed by atoms with Crippen LogP contribution >= 0.6 is 0 Å². The van der Waals surface area contributed by atoms with E-state index in [1.54, 1.807) is 34.5 Å². The highest BCUT2D eigenvalue weighted by Gasteiger charge is 2.33. The van der Waals surface area contributed by atoms with E-state index in [1.807, 2.05) is 58.2 Å². The minimum absolute atomic E-state index is 0.312. The van der Waals surface area contributed by atoms with Gasteiger partial charge in [0.15, 0.2) is 23.0 Å². The van der Waals surface area contributed by atoms with E-state index in [0.717, 1.165) is 11.1 Å². The van der Waals surface area contributed by atoms with Gasteiger partial charge in [-0.1, -0.05) is 12.1 Å². The van der Waals surface area contributed by atoms with E-state index in [9.17, 15) is 4.79 Å². The monoisotopic (exact) mass is 431 g/mol. The summed E-state index contributed by atoms with van der Waals surface area (Å²) in [6.07, 6.45) is -0.630. The molecule has 0 aromatic heterocycles. The fraction of sp³-hybridized carbons (Fsp3) is 0.458. The molecule has 0 saturated carbocycles. The summed E-state index contributed by atoms with van der Waals surface area (Å²) in [5.41, 5.74) is 0.982. The summed E-state index contributed by atoms with van der Waals surface area (Å²) < 4.78 is 27.7. The fourth-order valence-electron chi connectivity index (χ4n) is 3.19. The zero-order valence-electron chi connectivity index (χ0n) is 19.6. The third-order valence-corrected chi connectivity index (χ3v) is 4.96. The second-order valence-corrected chi connectivity index (χ2v) is 8.07. The van der Waals surface area contributed by atoms with Gasteiger partial charge in [-0.05, 0) is 63.2 Å². The third kappa shape index (κ3) is 5.61. The van der Waals surface area contributed by atoms with Crippen molar-refractivity contribution in [3.8, 4) is 23.0 Å². The molecule has 0 radical (unpaired) electrons. The lowest BCUT2D eigenvalue weighted by Gasteiger charge is -2.31. The Morgan fingerprint density at radius 1 is 0.774 bits per heavy atom. The Morgan fingerprint density at radius 3 is 1.65 bits per heavy atom. The fourth-order valence-corrected chi connectivity index (χ4v) is 3.19. The summed E-state index contributed by atoms with van der Waals surface area (Å²) in [4.78, 5) is 12.9. The molecule has 2 aromatic carbocycles. The Labute approximate surface area is 184 Å². The van der Waals surface area contributed by atoms with Gasteiger partial charge >= 0.3 is 5.97 Å². The SMILES string of the molecule is CNC(c1ccc(OC)c(OC)c1)C(OC(=O)C(C)(C)C)c1ccc(OC)c(OC)c1. The topological polar surface area (TPSA) is 75.2 Å².